The van der Waals surface area contributed by atoms with Crippen LogP contribution in [0.25, 0.3) is 0 Å². The number of sulfonamides is 1. The van der Waals surface area contributed by atoms with E-state index in [0.29, 0.717) is 11.4 Å². The third kappa shape index (κ3) is 2.96. The van der Waals surface area contributed by atoms with Crippen LogP contribution < -0.4 is 4.72 Å². The van der Waals surface area contributed by atoms with Gasteiger partial charge in [-0.1, -0.05) is 6.07 Å². The third-order valence-electron chi connectivity index (χ3n) is 4.44. The van der Waals surface area contributed by atoms with Crippen LogP contribution in [0.2, 0.25) is 0 Å². The van der Waals surface area contributed by atoms with Crippen molar-refractivity contribution >= 4 is 21.4 Å². The number of aromatic nitrogens is 2. The maximum absolute atomic E-state index is 12.7. The van der Waals surface area contributed by atoms with Crippen LogP contribution in [-0.4, -0.2) is 29.8 Å². The minimum absolute atomic E-state index is 0.0196. The van der Waals surface area contributed by atoms with Gasteiger partial charge in [0.25, 0.3) is 0 Å². The molecular weight excluding hydrogens is 334 g/mol. The fourth-order valence-corrected chi connectivity index (χ4v) is 5.35. The van der Waals surface area contributed by atoms with E-state index in [9.17, 15) is 13.5 Å². The van der Waals surface area contributed by atoms with Gasteiger partial charge in [-0.25, -0.2) is 13.1 Å². The van der Waals surface area contributed by atoms with Gasteiger partial charge in [-0.05, 0) is 44.1 Å². The highest BCUT2D eigenvalue weighted by Gasteiger charge is 2.46. The smallest absolute Gasteiger partial charge is 0.244 e. The Morgan fingerprint density at radius 2 is 2.17 bits per heavy atom. The second kappa shape index (κ2) is 5.70. The summed E-state index contributed by atoms with van der Waals surface area (Å²) >= 11 is 1.45. The molecule has 0 aliphatic heterocycles. The van der Waals surface area contributed by atoms with E-state index in [1.54, 1.807) is 25.6 Å². The molecule has 2 aromatic heterocycles. The Morgan fingerprint density at radius 3 is 2.65 bits per heavy atom. The standard InChI is InChI=1S/C15H21N3O3S2/c1-10-14(11(2)18(3)17-10)23(20,21)16-9-15(19,12-6-7-12)13-5-4-8-22-13/h4-5,8,12,16,19H,6-7,9H2,1-3H3/t15-/m1/s1. The lowest BCUT2D eigenvalue weighted by molar-refractivity contribution is 0.0222. The number of hydrogen-bond acceptors (Lipinski definition) is 5. The molecule has 1 saturated carbocycles. The lowest BCUT2D eigenvalue weighted by Crippen LogP contribution is -2.42. The molecule has 1 fully saturated rings. The molecule has 2 N–H and O–H groups in total. The minimum Gasteiger partial charge on any atom is -0.383 e. The molecule has 0 unspecified atom stereocenters. The van der Waals surface area contributed by atoms with E-state index in [4.69, 9.17) is 0 Å². The molecule has 0 radical (unpaired) electrons. The van der Waals surface area contributed by atoms with Gasteiger partial charge in [0.2, 0.25) is 10.0 Å². The van der Waals surface area contributed by atoms with Crippen LogP contribution in [0.5, 0.6) is 0 Å². The average Bonchev–Trinajstić information content (AvgIpc) is 3.12. The topological polar surface area (TPSA) is 84.2 Å². The summed E-state index contributed by atoms with van der Waals surface area (Å²) in [5, 5.41) is 17.1. The summed E-state index contributed by atoms with van der Waals surface area (Å²) in [5.41, 5.74) is -0.0877. The first-order valence-corrected chi connectivity index (χ1v) is 9.88. The van der Waals surface area contributed by atoms with Crippen LogP contribution in [0.3, 0.4) is 0 Å². The van der Waals surface area contributed by atoms with E-state index in [0.717, 1.165) is 17.7 Å². The molecular formula is C15H21N3O3S2. The van der Waals surface area contributed by atoms with Gasteiger partial charge >= 0.3 is 0 Å². The van der Waals surface area contributed by atoms with Crippen molar-refractivity contribution in [1.29, 1.82) is 0 Å². The highest BCUT2D eigenvalue weighted by molar-refractivity contribution is 7.89. The highest BCUT2D eigenvalue weighted by Crippen LogP contribution is 2.46. The minimum atomic E-state index is -3.72. The van der Waals surface area contributed by atoms with Gasteiger partial charge in [-0.15, -0.1) is 11.3 Å². The van der Waals surface area contributed by atoms with E-state index in [1.165, 1.54) is 11.3 Å². The number of hydrogen-bond donors (Lipinski definition) is 2. The summed E-state index contributed by atoms with van der Waals surface area (Å²) in [6.45, 7) is 3.38. The van der Waals surface area contributed by atoms with Gasteiger partial charge in [0, 0.05) is 18.5 Å². The molecule has 2 aromatic rings. The largest absolute Gasteiger partial charge is 0.383 e. The van der Waals surface area contributed by atoms with E-state index in [2.05, 4.69) is 9.82 Å². The lowest BCUT2D eigenvalue weighted by Gasteiger charge is -2.27. The Bertz CT molecular complexity index is 807. The zero-order chi connectivity index (χ0) is 16.8. The summed E-state index contributed by atoms with van der Waals surface area (Å²) in [5.74, 6) is 0.111. The Balaban J connectivity index is 1.86. The van der Waals surface area contributed by atoms with Crippen molar-refractivity contribution in [3.63, 3.8) is 0 Å². The molecule has 0 aromatic carbocycles. The Hall–Kier alpha value is -1.22. The van der Waals surface area contributed by atoms with Gasteiger partial charge in [-0.2, -0.15) is 5.10 Å². The van der Waals surface area contributed by atoms with Gasteiger partial charge in [0.05, 0.1) is 11.4 Å². The fraction of sp³-hybridized carbons (Fsp3) is 0.533. The molecule has 2 heterocycles. The molecule has 0 amide bonds. The number of nitrogens with zero attached hydrogens (tertiary/aromatic N) is 2. The molecule has 1 aliphatic carbocycles. The summed E-state index contributed by atoms with van der Waals surface area (Å²) in [4.78, 5) is 1.01. The van der Waals surface area contributed by atoms with Crippen LogP contribution in [0, 0.1) is 19.8 Å². The fourth-order valence-electron chi connectivity index (χ4n) is 2.94. The Labute approximate surface area is 140 Å². The van der Waals surface area contributed by atoms with E-state index >= 15 is 0 Å². The third-order valence-corrected chi connectivity index (χ3v) is 7.13. The summed E-state index contributed by atoms with van der Waals surface area (Å²) in [6.07, 6.45) is 1.84. The van der Waals surface area contributed by atoms with Gasteiger partial charge < -0.3 is 5.11 Å². The zero-order valence-corrected chi connectivity index (χ0v) is 15.0. The first kappa shape index (κ1) is 16.6. The second-order valence-corrected chi connectivity index (χ2v) is 8.78. The summed E-state index contributed by atoms with van der Waals surface area (Å²) < 4.78 is 29.5. The molecule has 126 valence electrons. The maximum atomic E-state index is 12.7. The molecule has 1 aliphatic rings. The molecule has 3 rings (SSSR count). The number of nitrogens with one attached hydrogen (secondary N) is 1. The first-order valence-electron chi connectivity index (χ1n) is 7.52. The molecule has 23 heavy (non-hydrogen) atoms. The van der Waals surface area contributed by atoms with Crippen molar-refractivity contribution in [2.75, 3.05) is 6.54 Å². The summed E-state index contributed by atoms with van der Waals surface area (Å²) in [6, 6.07) is 3.73. The summed E-state index contributed by atoms with van der Waals surface area (Å²) in [7, 11) is -2.00. The number of aliphatic hydroxyl groups is 1. The van der Waals surface area contributed by atoms with E-state index < -0.39 is 15.6 Å². The molecule has 6 nitrogen and oxygen atoms in total. The monoisotopic (exact) mass is 355 g/mol. The predicted molar refractivity (Wildman–Crippen MR) is 88.8 cm³/mol. The lowest BCUT2D eigenvalue weighted by atomic mass is 9.96. The van der Waals surface area contributed by atoms with Crippen LogP contribution in [0.1, 0.15) is 29.1 Å². The zero-order valence-electron chi connectivity index (χ0n) is 13.4. The van der Waals surface area contributed by atoms with Crippen molar-refractivity contribution in [2.24, 2.45) is 13.0 Å². The average molecular weight is 355 g/mol. The Morgan fingerprint density at radius 1 is 1.48 bits per heavy atom. The molecule has 8 heteroatoms. The van der Waals surface area contributed by atoms with Crippen molar-refractivity contribution in [1.82, 2.24) is 14.5 Å². The normalized spacial score (nSPS) is 18.1. The van der Waals surface area contributed by atoms with Crippen molar-refractivity contribution < 1.29 is 13.5 Å². The molecule has 0 bridgehead atoms. The van der Waals surface area contributed by atoms with Crippen LogP contribution in [0.15, 0.2) is 22.4 Å². The van der Waals surface area contributed by atoms with Crippen LogP contribution in [-0.2, 0) is 22.7 Å². The van der Waals surface area contributed by atoms with Gasteiger partial charge in [0.15, 0.2) is 0 Å². The van der Waals surface area contributed by atoms with E-state index in [1.807, 2.05) is 17.5 Å². The molecule has 0 spiro atoms. The number of aryl methyl sites for hydroxylation is 2. The Kier molecular flexibility index (Phi) is 4.12. The number of thiophene rings is 1. The van der Waals surface area contributed by atoms with Crippen molar-refractivity contribution in [3.05, 3.63) is 33.8 Å². The van der Waals surface area contributed by atoms with Crippen molar-refractivity contribution in [2.45, 2.75) is 37.2 Å². The second-order valence-electron chi connectivity index (χ2n) is 6.12. The van der Waals surface area contributed by atoms with Gasteiger partial charge in [0.1, 0.15) is 10.5 Å². The predicted octanol–water partition coefficient (Wildman–Crippen LogP) is 1.67. The van der Waals surface area contributed by atoms with Gasteiger partial charge in [-0.3, -0.25) is 4.68 Å². The molecule has 1 atom stereocenters. The van der Waals surface area contributed by atoms with Crippen LogP contribution >= 0.6 is 11.3 Å². The first-order chi connectivity index (χ1) is 10.8. The number of rotatable bonds is 6. The van der Waals surface area contributed by atoms with Crippen LogP contribution in [0.4, 0.5) is 0 Å². The quantitative estimate of drug-likeness (QED) is 0.826. The SMILES string of the molecule is Cc1nn(C)c(C)c1S(=O)(=O)NC[C@](O)(c1cccs1)C1CC1. The maximum Gasteiger partial charge on any atom is 0.244 e. The molecule has 0 saturated heterocycles. The highest BCUT2D eigenvalue weighted by atomic mass is 32.2. The van der Waals surface area contributed by atoms with Crippen molar-refractivity contribution in [3.8, 4) is 0 Å². The van der Waals surface area contributed by atoms with E-state index in [-0.39, 0.29) is 17.4 Å².